The Morgan fingerprint density at radius 1 is 0.738 bits per heavy atom. The summed E-state index contributed by atoms with van der Waals surface area (Å²) in [5.74, 6) is -4.87. The molecule has 7 rings (SSSR count). The van der Waals surface area contributed by atoms with E-state index in [0.29, 0.717) is 39.9 Å². The van der Waals surface area contributed by atoms with Gasteiger partial charge in [0.25, 0.3) is 0 Å². The van der Waals surface area contributed by atoms with Gasteiger partial charge >= 0.3 is 5.69 Å². The Balaban J connectivity index is 1.23. The first-order chi connectivity index (χ1) is 31.3. The highest BCUT2D eigenvalue weighted by molar-refractivity contribution is 6.01. The van der Waals surface area contributed by atoms with Crippen molar-refractivity contribution in [3.8, 4) is 22.6 Å². The van der Waals surface area contributed by atoms with Gasteiger partial charge in [0.1, 0.15) is 67.5 Å². The molecule has 5 aromatic carbocycles. The van der Waals surface area contributed by atoms with Crippen molar-refractivity contribution in [3.05, 3.63) is 142 Å². The normalized spacial score (nSPS) is 13.9. The Kier molecular flexibility index (Phi) is 13.9. The highest BCUT2D eigenvalue weighted by Gasteiger charge is 2.31. The smallest absolute Gasteiger partial charge is 0.330 e. The Hall–Kier alpha value is -7.50. The Morgan fingerprint density at radius 3 is 1.95 bits per heavy atom. The lowest BCUT2D eigenvalue weighted by Crippen LogP contribution is -2.52. The maximum Gasteiger partial charge on any atom is 0.330 e. The van der Waals surface area contributed by atoms with Gasteiger partial charge in [-0.2, -0.15) is 0 Å². The minimum Gasteiger partial charge on any atom is -0.497 e. The van der Waals surface area contributed by atoms with Crippen molar-refractivity contribution in [2.75, 3.05) is 50.5 Å². The molecule has 2 N–H and O–H groups in total. The minimum atomic E-state index is -1.54. The van der Waals surface area contributed by atoms with Gasteiger partial charge in [0.05, 0.1) is 38.3 Å². The van der Waals surface area contributed by atoms with Crippen LogP contribution in [-0.4, -0.2) is 85.5 Å². The first-order valence-corrected chi connectivity index (χ1v) is 20.4. The number of fused-ring (bicyclic) bond motifs is 4. The van der Waals surface area contributed by atoms with Crippen LogP contribution in [-0.2, 0) is 45.1 Å². The number of methoxy groups -OCH3 is 2. The monoisotopic (exact) mass is 898 g/mol. The van der Waals surface area contributed by atoms with Crippen LogP contribution >= 0.6 is 0 Å². The Morgan fingerprint density at radius 2 is 1.34 bits per heavy atom. The summed E-state index contributed by atoms with van der Waals surface area (Å²) in [4.78, 5) is 72.9. The summed E-state index contributed by atoms with van der Waals surface area (Å²) in [5, 5.41) is 5.22. The van der Waals surface area contributed by atoms with E-state index in [2.05, 4.69) is 10.6 Å². The molecule has 6 aromatic rings. The molecule has 65 heavy (non-hydrogen) atoms. The number of halogens is 5. The second-order valence-corrected chi connectivity index (χ2v) is 15.2. The third kappa shape index (κ3) is 10.3. The maximum absolute atomic E-state index is 15.3. The van der Waals surface area contributed by atoms with E-state index in [4.69, 9.17) is 9.47 Å². The van der Waals surface area contributed by atoms with Gasteiger partial charge in [0.15, 0.2) is 0 Å². The minimum absolute atomic E-state index is 0.00476. The van der Waals surface area contributed by atoms with Gasteiger partial charge in [-0.3, -0.25) is 28.3 Å². The molecule has 0 radical (unpaired) electrons. The molecule has 1 aliphatic heterocycles. The summed E-state index contributed by atoms with van der Waals surface area (Å²) >= 11 is 0. The number of hydrogen-bond acceptors (Lipinski definition) is 7. The van der Waals surface area contributed by atoms with Crippen molar-refractivity contribution in [3.63, 3.8) is 0 Å². The number of anilines is 2. The number of carbonyl (C=O) groups excluding carboxylic acids is 4. The van der Waals surface area contributed by atoms with Crippen LogP contribution in [0.5, 0.6) is 11.5 Å². The quantitative estimate of drug-likeness (QED) is 0.126. The molecule has 18 heteroatoms. The third-order valence-electron chi connectivity index (χ3n) is 10.9. The molecule has 4 bridgehead atoms. The molecule has 1 aliphatic rings. The first-order valence-electron chi connectivity index (χ1n) is 20.4. The van der Waals surface area contributed by atoms with Gasteiger partial charge in [0, 0.05) is 30.3 Å². The van der Waals surface area contributed by atoms with Crippen molar-refractivity contribution in [2.45, 2.75) is 38.0 Å². The molecule has 2 heterocycles. The number of amides is 4. The van der Waals surface area contributed by atoms with E-state index in [1.807, 2.05) is 0 Å². The van der Waals surface area contributed by atoms with Crippen molar-refractivity contribution < 1.29 is 50.6 Å². The molecule has 1 aromatic heterocycles. The van der Waals surface area contributed by atoms with E-state index in [-0.39, 0.29) is 35.2 Å². The van der Waals surface area contributed by atoms with E-state index in [9.17, 15) is 41.5 Å². The summed E-state index contributed by atoms with van der Waals surface area (Å²) in [6.45, 7) is -4.12. The maximum atomic E-state index is 15.3. The van der Waals surface area contributed by atoms with Gasteiger partial charge in [-0.15, -0.1) is 0 Å². The summed E-state index contributed by atoms with van der Waals surface area (Å²) < 4.78 is 84.4. The zero-order valence-corrected chi connectivity index (χ0v) is 35.2. The second-order valence-electron chi connectivity index (χ2n) is 15.2. The van der Waals surface area contributed by atoms with E-state index in [1.54, 1.807) is 42.5 Å². The van der Waals surface area contributed by atoms with E-state index < -0.39 is 98.3 Å². The van der Waals surface area contributed by atoms with Gasteiger partial charge < -0.3 is 29.9 Å². The molecule has 338 valence electrons. The van der Waals surface area contributed by atoms with Crippen molar-refractivity contribution >= 4 is 46.0 Å². The standard InChI is InChI=1S/C47H43F5N6O7/c1-64-37-8-4-35(5-9-37)55(15-13-48)45(61)39-21-28-17-31(23-32(50)18-28)30-3-12-41-42(24-30)58(27-44(60)53-39)47(63)57(41)26-43(59)54-40(22-29-19-33(51)25-34(52)20-29)46(62)56(16-14-49)36-6-10-38(65-2)11-7-36/h3-12,17-20,23-25,39-40H,13-16,21-22,26-27H2,1-2H3,(H,53,60)(H,54,59)/t39-,40-/m0/s1. The lowest BCUT2D eigenvalue weighted by atomic mass is 9.97. The van der Waals surface area contributed by atoms with Crippen LogP contribution < -0.4 is 35.6 Å². The summed E-state index contributed by atoms with van der Waals surface area (Å²) in [6.07, 6.45) is -0.641. The van der Waals surface area contributed by atoms with Gasteiger partial charge in [-0.25, -0.2) is 26.7 Å². The Labute approximate surface area is 369 Å². The number of hydrogen-bond donors (Lipinski definition) is 2. The van der Waals surface area contributed by atoms with Crippen LogP contribution in [0.15, 0.2) is 108 Å². The molecule has 2 atom stereocenters. The van der Waals surface area contributed by atoms with Crippen LogP contribution in [0, 0.1) is 17.5 Å². The van der Waals surface area contributed by atoms with E-state index in [1.165, 1.54) is 56.7 Å². The summed E-state index contributed by atoms with van der Waals surface area (Å²) in [7, 11) is 2.90. The highest BCUT2D eigenvalue weighted by atomic mass is 19.1. The zero-order chi connectivity index (χ0) is 46.4. The average molecular weight is 899 g/mol. The number of benzene rings is 5. The number of carbonyl (C=O) groups is 4. The van der Waals surface area contributed by atoms with Crippen LogP contribution in [0.4, 0.5) is 33.3 Å². The molecular formula is C47H43F5N6O7. The van der Waals surface area contributed by atoms with Crippen molar-refractivity contribution in [2.24, 2.45) is 0 Å². The third-order valence-corrected chi connectivity index (χ3v) is 10.9. The van der Waals surface area contributed by atoms with E-state index in [0.717, 1.165) is 31.1 Å². The van der Waals surface area contributed by atoms with Gasteiger partial charge in [-0.1, -0.05) is 12.1 Å². The molecule has 0 unspecified atom stereocenters. The number of alkyl halides is 2. The summed E-state index contributed by atoms with van der Waals surface area (Å²) in [6, 6.07) is 20.8. The van der Waals surface area contributed by atoms with Gasteiger partial charge in [0.2, 0.25) is 23.6 Å². The molecule has 0 saturated heterocycles. The number of aromatic nitrogens is 2. The number of rotatable bonds is 15. The fourth-order valence-corrected chi connectivity index (χ4v) is 7.91. The second kappa shape index (κ2) is 19.9. The first kappa shape index (κ1) is 45.5. The van der Waals surface area contributed by atoms with Gasteiger partial charge in [-0.05, 0) is 107 Å². The molecular weight excluding hydrogens is 856 g/mol. The fourth-order valence-electron chi connectivity index (χ4n) is 7.91. The summed E-state index contributed by atoms with van der Waals surface area (Å²) in [5.41, 5.74) is 1.12. The molecule has 0 spiro atoms. The number of nitrogens with zero attached hydrogens (tertiary/aromatic N) is 4. The highest BCUT2D eigenvalue weighted by Crippen LogP contribution is 2.29. The number of nitrogens with one attached hydrogen (secondary N) is 2. The van der Waals surface area contributed by atoms with Crippen LogP contribution in [0.1, 0.15) is 11.1 Å². The van der Waals surface area contributed by atoms with Crippen LogP contribution in [0.3, 0.4) is 0 Å². The molecule has 0 saturated carbocycles. The molecule has 4 amide bonds. The topological polar surface area (TPSA) is 144 Å². The van der Waals surface area contributed by atoms with Crippen molar-refractivity contribution in [1.29, 1.82) is 0 Å². The zero-order valence-electron chi connectivity index (χ0n) is 35.2. The predicted octanol–water partition coefficient (Wildman–Crippen LogP) is 5.68. The number of imidazole rings is 1. The van der Waals surface area contributed by atoms with Crippen molar-refractivity contribution in [1.82, 2.24) is 19.8 Å². The molecule has 13 nitrogen and oxygen atoms in total. The SMILES string of the molecule is COc1ccc(N(CCF)C(=O)[C@H](Cc2cc(F)cc(F)c2)NC(=O)Cn2c(=O)n3c4cc(ccc42)-c2cc(F)cc(c2)C[C@@H](C(=O)N(CCF)c2ccc(OC)cc2)NC(=O)C3)cc1. The fraction of sp³-hybridized carbons (Fsp3) is 0.255. The van der Waals surface area contributed by atoms with E-state index >= 15 is 4.39 Å². The number of ether oxygens (including phenoxy) is 2. The predicted molar refractivity (Wildman–Crippen MR) is 232 cm³/mol. The lowest BCUT2D eigenvalue weighted by Gasteiger charge is -2.28. The van der Waals surface area contributed by atoms with Crippen LogP contribution in [0.25, 0.3) is 22.2 Å². The average Bonchev–Trinajstić information content (AvgIpc) is 3.53. The molecule has 0 fully saturated rings. The molecule has 0 aliphatic carbocycles. The Bertz CT molecular complexity index is 2780. The largest absolute Gasteiger partial charge is 0.497 e. The lowest BCUT2D eigenvalue weighted by molar-refractivity contribution is -0.128. The van der Waals surface area contributed by atoms with Crippen LogP contribution in [0.2, 0.25) is 0 Å².